The Morgan fingerprint density at radius 3 is 2.64 bits per heavy atom. The van der Waals surface area contributed by atoms with Crippen LogP contribution in [0.25, 0.3) is 6.08 Å². The van der Waals surface area contributed by atoms with E-state index in [0.29, 0.717) is 20.8 Å². The first-order valence-electron chi connectivity index (χ1n) is 6.73. The summed E-state index contributed by atoms with van der Waals surface area (Å²) in [7, 11) is 0. The average molecular weight is 329 g/mol. The highest BCUT2D eigenvalue weighted by Crippen LogP contribution is 2.31. The molecule has 110 valence electrons. The number of nitrogens with one attached hydrogen (secondary N) is 1. The number of amides is 1. The highest BCUT2D eigenvalue weighted by molar-refractivity contribution is 8.18. The minimum Gasteiger partial charge on any atom is -0.300 e. The van der Waals surface area contributed by atoms with Gasteiger partial charge in [0.15, 0.2) is 5.17 Å². The lowest BCUT2D eigenvalue weighted by atomic mass is 10.1. The first-order chi connectivity index (χ1) is 10.6. The molecule has 0 saturated carbocycles. The number of nitrogens with zero attached hydrogens (tertiary/aromatic N) is 1. The van der Waals surface area contributed by atoms with Crippen LogP contribution in [-0.2, 0) is 4.79 Å². The van der Waals surface area contributed by atoms with Crippen LogP contribution < -0.4 is 5.32 Å². The van der Waals surface area contributed by atoms with E-state index in [0.717, 1.165) is 11.1 Å². The lowest BCUT2D eigenvalue weighted by Gasteiger charge is -1.99. The van der Waals surface area contributed by atoms with Gasteiger partial charge >= 0.3 is 0 Å². The van der Waals surface area contributed by atoms with Gasteiger partial charge in [0.1, 0.15) is 0 Å². The van der Waals surface area contributed by atoms with Crippen molar-refractivity contribution in [2.24, 2.45) is 4.99 Å². The van der Waals surface area contributed by atoms with Crippen LogP contribution in [0.4, 0.5) is 5.69 Å². The Balaban J connectivity index is 1.88. The molecule has 3 rings (SSSR count). The predicted molar refractivity (Wildman–Crippen MR) is 93.4 cm³/mol. The van der Waals surface area contributed by atoms with Crippen LogP contribution >= 0.6 is 23.4 Å². The molecule has 22 heavy (non-hydrogen) atoms. The van der Waals surface area contributed by atoms with Crippen molar-refractivity contribution >= 4 is 46.2 Å². The lowest BCUT2D eigenvalue weighted by Crippen LogP contribution is -2.19. The molecular formula is C17H13ClN2OS. The molecule has 2 aromatic carbocycles. The smallest absolute Gasteiger partial charge is 0.264 e. The van der Waals surface area contributed by atoms with E-state index in [1.165, 1.54) is 11.8 Å². The van der Waals surface area contributed by atoms with Crippen LogP contribution in [0.1, 0.15) is 11.1 Å². The van der Waals surface area contributed by atoms with E-state index in [1.807, 2.05) is 55.5 Å². The van der Waals surface area contributed by atoms with Crippen LogP contribution in [0, 0.1) is 6.92 Å². The quantitative estimate of drug-likeness (QED) is 0.822. The van der Waals surface area contributed by atoms with Crippen molar-refractivity contribution < 1.29 is 4.79 Å². The van der Waals surface area contributed by atoms with E-state index >= 15 is 0 Å². The van der Waals surface area contributed by atoms with Crippen molar-refractivity contribution in [3.8, 4) is 0 Å². The first kappa shape index (κ1) is 14.9. The van der Waals surface area contributed by atoms with Gasteiger partial charge in [0.25, 0.3) is 5.91 Å². The van der Waals surface area contributed by atoms with Gasteiger partial charge in [-0.3, -0.25) is 4.79 Å². The molecule has 0 radical (unpaired) electrons. The van der Waals surface area contributed by atoms with Crippen molar-refractivity contribution in [3.05, 3.63) is 69.6 Å². The highest BCUT2D eigenvalue weighted by Gasteiger charge is 2.24. The number of carbonyl (C=O) groups is 1. The summed E-state index contributed by atoms with van der Waals surface area (Å²) >= 11 is 7.40. The van der Waals surface area contributed by atoms with Gasteiger partial charge in [-0.15, -0.1) is 0 Å². The number of hydrogen-bond donors (Lipinski definition) is 1. The molecule has 0 aromatic heterocycles. The fourth-order valence-corrected chi connectivity index (χ4v) is 3.03. The second-order valence-electron chi connectivity index (χ2n) is 4.79. The maximum Gasteiger partial charge on any atom is 0.264 e. The van der Waals surface area contributed by atoms with Crippen LogP contribution in [0.15, 0.2) is 58.4 Å². The zero-order valence-corrected chi connectivity index (χ0v) is 13.4. The fourth-order valence-electron chi connectivity index (χ4n) is 2.02. The Morgan fingerprint density at radius 1 is 1.14 bits per heavy atom. The maximum absolute atomic E-state index is 12.1. The molecular weight excluding hydrogens is 316 g/mol. The molecule has 0 atom stereocenters. The Kier molecular flexibility index (Phi) is 4.32. The third-order valence-corrected chi connectivity index (χ3v) is 4.43. The summed E-state index contributed by atoms with van der Waals surface area (Å²) in [5.74, 6) is -0.140. The number of halogens is 1. The number of benzene rings is 2. The summed E-state index contributed by atoms with van der Waals surface area (Å²) in [4.78, 5) is 17.1. The molecule has 1 saturated heterocycles. The fraction of sp³-hybridized carbons (Fsp3) is 0.0588. The zero-order valence-electron chi connectivity index (χ0n) is 11.8. The van der Waals surface area contributed by atoms with Crippen molar-refractivity contribution in [2.75, 3.05) is 0 Å². The van der Waals surface area contributed by atoms with Gasteiger partial charge in [-0.05, 0) is 48.0 Å². The molecule has 1 amide bonds. The van der Waals surface area contributed by atoms with Crippen molar-refractivity contribution in [2.45, 2.75) is 6.92 Å². The third-order valence-electron chi connectivity index (χ3n) is 3.20. The van der Waals surface area contributed by atoms with Gasteiger partial charge in [0.05, 0.1) is 15.6 Å². The van der Waals surface area contributed by atoms with Crippen LogP contribution in [0.5, 0.6) is 0 Å². The molecule has 0 unspecified atom stereocenters. The minimum atomic E-state index is -0.140. The Hall–Kier alpha value is -2.04. The summed E-state index contributed by atoms with van der Waals surface area (Å²) < 4.78 is 0. The molecule has 1 fully saturated rings. The number of para-hydroxylation sites is 1. The molecule has 1 N–H and O–H groups in total. The van der Waals surface area contributed by atoms with Gasteiger partial charge in [0, 0.05) is 0 Å². The van der Waals surface area contributed by atoms with Gasteiger partial charge in [-0.2, -0.15) is 0 Å². The largest absolute Gasteiger partial charge is 0.300 e. The molecule has 0 bridgehead atoms. The number of thioether (sulfide) groups is 1. The SMILES string of the molecule is Cc1ccccc1/C=C1/SC(=Nc2ccccc2Cl)NC1=O. The molecule has 1 aliphatic rings. The average Bonchev–Trinajstić information content (AvgIpc) is 2.84. The van der Waals surface area contributed by atoms with Crippen molar-refractivity contribution in [3.63, 3.8) is 0 Å². The van der Waals surface area contributed by atoms with Crippen LogP contribution in [0.2, 0.25) is 5.02 Å². The summed E-state index contributed by atoms with van der Waals surface area (Å²) in [5.41, 5.74) is 2.79. The van der Waals surface area contributed by atoms with Crippen LogP contribution in [0.3, 0.4) is 0 Å². The first-order valence-corrected chi connectivity index (χ1v) is 7.93. The van der Waals surface area contributed by atoms with E-state index in [1.54, 1.807) is 6.07 Å². The molecule has 2 aromatic rings. The van der Waals surface area contributed by atoms with Crippen molar-refractivity contribution in [1.29, 1.82) is 0 Å². The molecule has 1 heterocycles. The monoisotopic (exact) mass is 328 g/mol. The molecule has 0 spiro atoms. The van der Waals surface area contributed by atoms with Gasteiger partial charge in [-0.25, -0.2) is 4.99 Å². The van der Waals surface area contributed by atoms with E-state index in [4.69, 9.17) is 11.6 Å². The molecule has 5 heteroatoms. The topological polar surface area (TPSA) is 41.5 Å². The molecule has 3 nitrogen and oxygen atoms in total. The van der Waals surface area contributed by atoms with E-state index in [9.17, 15) is 4.79 Å². The van der Waals surface area contributed by atoms with Crippen molar-refractivity contribution in [1.82, 2.24) is 5.32 Å². The number of aryl methyl sites for hydroxylation is 1. The normalized spacial score (nSPS) is 18.0. The van der Waals surface area contributed by atoms with Gasteiger partial charge in [-0.1, -0.05) is 48.0 Å². The summed E-state index contributed by atoms with van der Waals surface area (Å²) in [5, 5.41) is 3.86. The summed E-state index contributed by atoms with van der Waals surface area (Å²) in [6.45, 7) is 2.02. The lowest BCUT2D eigenvalue weighted by molar-refractivity contribution is -0.115. The summed E-state index contributed by atoms with van der Waals surface area (Å²) in [6, 6.07) is 15.2. The standard InChI is InChI=1S/C17H13ClN2OS/c1-11-6-2-3-7-12(11)10-15-16(21)20-17(22-15)19-14-9-5-4-8-13(14)18/h2-10H,1H3,(H,19,20,21)/b15-10+. The molecule has 0 aliphatic carbocycles. The Labute approximate surface area is 138 Å². The highest BCUT2D eigenvalue weighted by atomic mass is 35.5. The second kappa shape index (κ2) is 6.38. The van der Waals surface area contributed by atoms with Gasteiger partial charge < -0.3 is 5.32 Å². The number of amidine groups is 1. The predicted octanol–water partition coefficient (Wildman–Crippen LogP) is 4.54. The Bertz CT molecular complexity index is 799. The second-order valence-corrected chi connectivity index (χ2v) is 6.23. The third kappa shape index (κ3) is 3.24. The minimum absolute atomic E-state index is 0.140. The summed E-state index contributed by atoms with van der Waals surface area (Å²) in [6.07, 6.45) is 1.88. The number of aliphatic imine (C=N–C) groups is 1. The number of hydrogen-bond acceptors (Lipinski definition) is 3. The number of carbonyl (C=O) groups excluding carboxylic acids is 1. The van der Waals surface area contributed by atoms with Crippen LogP contribution in [-0.4, -0.2) is 11.1 Å². The van der Waals surface area contributed by atoms with Gasteiger partial charge in [0.2, 0.25) is 0 Å². The maximum atomic E-state index is 12.1. The number of rotatable bonds is 2. The zero-order chi connectivity index (χ0) is 15.5. The van der Waals surface area contributed by atoms with E-state index in [-0.39, 0.29) is 5.91 Å². The Morgan fingerprint density at radius 2 is 1.86 bits per heavy atom. The van der Waals surface area contributed by atoms with E-state index < -0.39 is 0 Å². The van der Waals surface area contributed by atoms with E-state index in [2.05, 4.69) is 10.3 Å². The molecule has 1 aliphatic heterocycles.